The molecule has 1 N–H and O–H groups in total. The summed E-state index contributed by atoms with van der Waals surface area (Å²) >= 11 is 0.948. The van der Waals surface area contributed by atoms with Crippen molar-refractivity contribution in [3.63, 3.8) is 0 Å². The summed E-state index contributed by atoms with van der Waals surface area (Å²) in [5, 5.41) is 11.6. The lowest BCUT2D eigenvalue weighted by Crippen LogP contribution is -2.29. The molecule has 1 saturated heterocycles. The van der Waals surface area contributed by atoms with Gasteiger partial charge in [0, 0.05) is 5.56 Å². The molecule has 0 bridgehead atoms. The summed E-state index contributed by atoms with van der Waals surface area (Å²) in [7, 11) is 0. The zero-order valence-corrected chi connectivity index (χ0v) is 22.7. The molecule has 0 radical (unpaired) electrons. The Hall–Kier alpha value is -4.50. The van der Waals surface area contributed by atoms with Crippen LogP contribution in [0.25, 0.3) is 5.76 Å². The number of rotatable bonds is 9. The summed E-state index contributed by atoms with van der Waals surface area (Å²) in [6.07, 6.45) is 3.08. The van der Waals surface area contributed by atoms with Crippen molar-refractivity contribution in [3.05, 3.63) is 106 Å². The topological polar surface area (TPSA) is 106 Å². The smallest absolute Gasteiger partial charge is 0.350 e. The third kappa shape index (κ3) is 5.39. The second-order valence-corrected chi connectivity index (χ2v) is 9.94. The van der Waals surface area contributed by atoms with Crippen molar-refractivity contribution < 1.29 is 29.0 Å². The summed E-state index contributed by atoms with van der Waals surface area (Å²) in [6, 6.07) is 11.3. The number of aromatic nitrogens is 1. The lowest BCUT2D eigenvalue weighted by atomic mass is 9.94. The predicted molar refractivity (Wildman–Crippen MR) is 150 cm³/mol. The Morgan fingerprint density at radius 2 is 1.77 bits per heavy atom. The number of hydrogen-bond donors (Lipinski definition) is 1. The van der Waals surface area contributed by atoms with Gasteiger partial charge < -0.3 is 14.6 Å². The number of nitrogens with zero attached hydrogens (tertiary/aromatic N) is 2. The number of hydrogen-bond acceptors (Lipinski definition) is 8. The van der Waals surface area contributed by atoms with E-state index in [1.807, 2.05) is 26.0 Å². The van der Waals surface area contributed by atoms with Crippen molar-refractivity contribution >= 4 is 39.9 Å². The van der Waals surface area contributed by atoms with Crippen LogP contribution in [0.1, 0.15) is 43.7 Å². The summed E-state index contributed by atoms with van der Waals surface area (Å²) in [6.45, 7) is 12.9. The van der Waals surface area contributed by atoms with Gasteiger partial charge >= 0.3 is 11.9 Å². The lowest BCUT2D eigenvalue weighted by Gasteiger charge is -2.23. The Balaban J connectivity index is 1.85. The molecule has 39 heavy (non-hydrogen) atoms. The first kappa shape index (κ1) is 27.5. The summed E-state index contributed by atoms with van der Waals surface area (Å²) < 4.78 is 10.8. The van der Waals surface area contributed by atoms with Gasteiger partial charge in [-0.05, 0) is 50.1 Å². The number of benzene rings is 2. The van der Waals surface area contributed by atoms with E-state index in [-0.39, 0.29) is 27.9 Å². The summed E-state index contributed by atoms with van der Waals surface area (Å²) in [5.41, 5.74) is 2.97. The Labute approximate surface area is 230 Å². The number of esters is 1. The zero-order chi connectivity index (χ0) is 28.3. The molecule has 1 aliphatic heterocycles. The molecule has 1 amide bonds. The largest absolute Gasteiger partial charge is 0.507 e. The molecule has 1 unspecified atom stereocenters. The number of anilines is 1. The van der Waals surface area contributed by atoms with E-state index in [9.17, 15) is 19.5 Å². The molecule has 2 aromatic carbocycles. The Morgan fingerprint density at radius 1 is 1.08 bits per heavy atom. The first-order valence-corrected chi connectivity index (χ1v) is 13.0. The highest BCUT2D eigenvalue weighted by Crippen LogP contribution is 2.44. The number of carbonyl (C=O) groups excluding carboxylic acids is 3. The number of aliphatic hydroxyl groups is 1. The molecule has 1 aromatic heterocycles. The molecule has 0 spiro atoms. The maximum atomic E-state index is 13.4. The Kier molecular flexibility index (Phi) is 8.11. The predicted octanol–water partition coefficient (Wildman–Crippen LogP) is 5.60. The lowest BCUT2D eigenvalue weighted by molar-refractivity contribution is -0.132. The number of carbonyl (C=O) groups is 3. The van der Waals surface area contributed by atoms with Gasteiger partial charge in [0.05, 0.1) is 17.3 Å². The van der Waals surface area contributed by atoms with Crippen LogP contribution in [0.2, 0.25) is 0 Å². The van der Waals surface area contributed by atoms with Gasteiger partial charge in [0.15, 0.2) is 5.13 Å². The SMILES string of the molecule is C=CCOC(=O)c1sc(N2C(=O)C(=O)/C(=C(/O)c3ccc(OCC=C)c(C)c3)C2c2ccc(C)cc2)nc1C. The molecule has 0 saturated carbocycles. The third-order valence-corrected chi connectivity index (χ3v) is 7.29. The molecule has 8 nitrogen and oxygen atoms in total. The molecule has 9 heteroatoms. The van der Waals surface area contributed by atoms with Crippen LogP contribution >= 0.6 is 11.3 Å². The van der Waals surface area contributed by atoms with E-state index < -0.39 is 23.7 Å². The van der Waals surface area contributed by atoms with Gasteiger partial charge in [0.2, 0.25) is 0 Å². The molecule has 0 aliphatic carbocycles. The van der Waals surface area contributed by atoms with E-state index in [0.29, 0.717) is 29.2 Å². The number of amides is 1. The van der Waals surface area contributed by atoms with Gasteiger partial charge in [-0.1, -0.05) is 66.5 Å². The fourth-order valence-corrected chi connectivity index (χ4v) is 5.22. The quantitative estimate of drug-likeness (QED) is 0.123. The first-order valence-electron chi connectivity index (χ1n) is 12.2. The minimum absolute atomic E-state index is 0.0240. The average Bonchev–Trinajstić information content (AvgIpc) is 3.43. The van der Waals surface area contributed by atoms with Crippen molar-refractivity contribution in [2.45, 2.75) is 26.8 Å². The van der Waals surface area contributed by atoms with E-state index in [2.05, 4.69) is 18.1 Å². The summed E-state index contributed by atoms with van der Waals surface area (Å²) in [5.74, 6) is -2.03. The molecule has 4 rings (SSSR count). The summed E-state index contributed by atoms with van der Waals surface area (Å²) in [4.78, 5) is 45.3. The van der Waals surface area contributed by atoms with Crippen molar-refractivity contribution in [2.24, 2.45) is 0 Å². The van der Waals surface area contributed by atoms with Gasteiger partial charge in [0.1, 0.15) is 29.6 Å². The van der Waals surface area contributed by atoms with E-state index in [4.69, 9.17) is 9.47 Å². The van der Waals surface area contributed by atoms with Crippen LogP contribution in [0.3, 0.4) is 0 Å². The van der Waals surface area contributed by atoms with Gasteiger partial charge in [-0.25, -0.2) is 9.78 Å². The second-order valence-electron chi connectivity index (χ2n) is 8.96. The highest BCUT2D eigenvalue weighted by molar-refractivity contribution is 7.17. The minimum atomic E-state index is -0.967. The van der Waals surface area contributed by atoms with Crippen LogP contribution < -0.4 is 9.64 Å². The van der Waals surface area contributed by atoms with E-state index in [1.165, 1.54) is 11.0 Å². The number of Topliss-reactive ketones (excluding diaryl/α,β-unsaturated/α-hetero) is 1. The number of ketones is 1. The van der Waals surface area contributed by atoms with Gasteiger partial charge in [-0.2, -0.15) is 0 Å². The highest BCUT2D eigenvalue weighted by atomic mass is 32.1. The fraction of sp³-hybridized carbons (Fsp3) is 0.200. The number of thiazole rings is 1. The monoisotopic (exact) mass is 544 g/mol. The van der Waals surface area contributed by atoms with Crippen molar-refractivity contribution in [2.75, 3.05) is 18.1 Å². The molecule has 1 atom stereocenters. The molecule has 1 aliphatic rings. The minimum Gasteiger partial charge on any atom is -0.507 e. The van der Waals surface area contributed by atoms with Crippen LogP contribution in [0, 0.1) is 20.8 Å². The number of aryl methyl sites for hydroxylation is 3. The normalized spacial score (nSPS) is 16.3. The van der Waals surface area contributed by atoms with Crippen molar-refractivity contribution in [3.8, 4) is 5.75 Å². The van der Waals surface area contributed by atoms with Gasteiger partial charge in [-0.15, -0.1) is 0 Å². The van der Waals surface area contributed by atoms with Crippen LogP contribution in [-0.2, 0) is 14.3 Å². The molecular weight excluding hydrogens is 516 g/mol. The Morgan fingerprint density at radius 3 is 2.41 bits per heavy atom. The number of ether oxygens (including phenoxy) is 2. The molecular formula is C30H28N2O6S. The van der Waals surface area contributed by atoms with E-state index in [0.717, 1.165) is 22.5 Å². The van der Waals surface area contributed by atoms with Crippen LogP contribution in [0.5, 0.6) is 5.75 Å². The van der Waals surface area contributed by atoms with Crippen LogP contribution in [0.4, 0.5) is 5.13 Å². The fourth-order valence-electron chi connectivity index (χ4n) is 4.23. The maximum absolute atomic E-state index is 13.4. The molecule has 200 valence electrons. The second kappa shape index (κ2) is 11.5. The van der Waals surface area contributed by atoms with Gasteiger partial charge in [0.25, 0.3) is 5.78 Å². The van der Waals surface area contributed by atoms with Crippen LogP contribution in [0.15, 0.2) is 73.3 Å². The van der Waals surface area contributed by atoms with Crippen molar-refractivity contribution in [1.29, 1.82) is 0 Å². The zero-order valence-electron chi connectivity index (χ0n) is 21.9. The Bertz CT molecular complexity index is 1500. The van der Waals surface area contributed by atoms with Gasteiger partial charge in [-0.3, -0.25) is 14.5 Å². The average molecular weight is 545 g/mol. The molecule has 2 heterocycles. The van der Waals surface area contributed by atoms with Crippen molar-refractivity contribution in [1.82, 2.24) is 4.98 Å². The molecule has 1 fully saturated rings. The number of aliphatic hydroxyl groups excluding tert-OH is 1. The highest BCUT2D eigenvalue weighted by Gasteiger charge is 2.48. The standard InChI is InChI=1S/C30H28N2O6S/c1-6-14-37-22-13-12-21(16-18(22)4)25(33)23-24(20-10-8-17(3)9-11-20)32(28(35)26(23)34)30-31-19(5)27(39-30)29(36)38-15-7-2/h6-13,16,24,33H,1-2,14-15H2,3-5H3/b25-23+. The maximum Gasteiger partial charge on any atom is 0.350 e. The molecule has 3 aromatic rings. The first-order chi connectivity index (χ1) is 18.7. The van der Waals surface area contributed by atoms with Crippen LogP contribution in [-0.4, -0.2) is 41.0 Å². The van der Waals surface area contributed by atoms with E-state index in [1.54, 1.807) is 43.3 Å². The van der Waals surface area contributed by atoms with E-state index >= 15 is 0 Å². The third-order valence-electron chi connectivity index (χ3n) is 6.15.